The second-order valence-electron chi connectivity index (χ2n) is 1.88. The fraction of sp³-hybridized carbons (Fsp3) is 0.571. The Labute approximate surface area is 92.3 Å². The lowest BCUT2D eigenvalue weighted by molar-refractivity contribution is -0.134. The molecule has 0 aromatic rings. The molecule has 16 heavy (non-hydrogen) atoms. The molecule has 7 nitrogen and oxygen atoms in total. The van der Waals surface area contributed by atoms with E-state index in [2.05, 4.69) is 11.8 Å². The summed E-state index contributed by atoms with van der Waals surface area (Å²) < 4.78 is 36.4. The summed E-state index contributed by atoms with van der Waals surface area (Å²) in [6, 6.07) is -1.70. The van der Waals surface area contributed by atoms with Crippen molar-refractivity contribution < 1.29 is 37.5 Å². The molecule has 0 heterocycles. The van der Waals surface area contributed by atoms with E-state index < -0.39 is 22.1 Å². The van der Waals surface area contributed by atoms with E-state index in [1.165, 1.54) is 0 Å². The number of alkyl halides is 1. The maximum absolute atomic E-state index is 10.7. The fourth-order valence-corrected chi connectivity index (χ4v) is 0.112. The Bertz CT molecular complexity index is 301. The first-order chi connectivity index (χ1) is 7.21. The highest BCUT2D eigenvalue weighted by Crippen LogP contribution is 1.77. The van der Waals surface area contributed by atoms with Crippen LogP contribution in [0, 0.1) is 11.8 Å². The molecule has 96 valence electrons. The molecule has 0 rings (SSSR count). The summed E-state index contributed by atoms with van der Waals surface area (Å²) in [6.45, 7) is 0.751. The number of hydrogen-bond acceptors (Lipinski definition) is 5. The molecule has 0 aromatic carbocycles. The van der Waals surface area contributed by atoms with Gasteiger partial charge in [-0.15, -0.1) is 0 Å². The van der Waals surface area contributed by atoms with E-state index in [4.69, 9.17) is 24.7 Å². The van der Waals surface area contributed by atoms with Gasteiger partial charge < -0.3 is 15.3 Å². The Morgan fingerprint density at radius 3 is 1.50 bits per heavy atom. The molecule has 0 spiro atoms. The molecule has 0 fully saturated rings. The van der Waals surface area contributed by atoms with Crippen molar-refractivity contribution in [2.75, 3.05) is 19.2 Å². The predicted octanol–water partition coefficient (Wildman–Crippen LogP) is -1.13. The average molecular weight is 260 g/mol. The highest BCUT2D eigenvalue weighted by molar-refractivity contribution is 7.85. The van der Waals surface area contributed by atoms with Crippen LogP contribution < -0.4 is 0 Å². The topological polar surface area (TPSA) is 132 Å². The SMILES string of the molecule is CC(=O)O.O=S(=O)(O)CF.OCC#CCO. The monoisotopic (exact) mass is 260 g/mol. The smallest absolute Gasteiger partial charge is 0.300 e. The summed E-state index contributed by atoms with van der Waals surface area (Å²) >= 11 is 0. The van der Waals surface area contributed by atoms with Gasteiger partial charge in [0, 0.05) is 6.92 Å². The van der Waals surface area contributed by atoms with Gasteiger partial charge in [0.25, 0.3) is 16.1 Å². The number of carbonyl (C=O) groups is 1. The number of carboxylic acids is 1. The molecule has 0 aliphatic carbocycles. The highest BCUT2D eigenvalue weighted by Gasteiger charge is 1.97. The Kier molecular flexibility index (Phi) is 17.4. The van der Waals surface area contributed by atoms with Crippen LogP contribution in [0.5, 0.6) is 0 Å². The van der Waals surface area contributed by atoms with Crippen molar-refractivity contribution in [3.05, 3.63) is 0 Å². The van der Waals surface area contributed by atoms with E-state index in [0.29, 0.717) is 0 Å². The molecule has 0 saturated carbocycles. The third kappa shape index (κ3) is 77.5. The molecule has 0 aliphatic rings. The van der Waals surface area contributed by atoms with Crippen molar-refractivity contribution in [2.24, 2.45) is 0 Å². The van der Waals surface area contributed by atoms with Gasteiger partial charge in [-0.3, -0.25) is 9.35 Å². The van der Waals surface area contributed by atoms with Crippen LogP contribution in [0.3, 0.4) is 0 Å². The lowest BCUT2D eigenvalue weighted by Crippen LogP contribution is -1.96. The molecule has 0 radical (unpaired) electrons. The summed E-state index contributed by atoms with van der Waals surface area (Å²) in [5.41, 5.74) is 0. The number of aliphatic hydroxyl groups excluding tert-OH is 2. The Balaban J connectivity index is -0.000000162. The van der Waals surface area contributed by atoms with E-state index >= 15 is 0 Å². The van der Waals surface area contributed by atoms with E-state index in [1.54, 1.807) is 0 Å². The maximum atomic E-state index is 10.7. The van der Waals surface area contributed by atoms with Crippen molar-refractivity contribution >= 4 is 16.1 Å². The van der Waals surface area contributed by atoms with Gasteiger partial charge in [-0.05, 0) is 0 Å². The van der Waals surface area contributed by atoms with Crippen LogP contribution in [0.25, 0.3) is 0 Å². The highest BCUT2D eigenvalue weighted by atomic mass is 32.2. The van der Waals surface area contributed by atoms with Crippen LogP contribution in [-0.4, -0.2) is 53.5 Å². The van der Waals surface area contributed by atoms with Gasteiger partial charge in [0.15, 0.2) is 0 Å². The van der Waals surface area contributed by atoms with Gasteiger partial charge >= 0.3 is 0 Å². The van der Waals surface area contributed by atoms with Crippen LogP contribution in [0.15, 0.2) is 0 Å². The first-order valence-electron chi connectivity index (χ1n) is 3.59. The standard InChI is InChI=1S/C4H6O2.C2H4O2.CH3FO3S/c5-3-1-2-4-6;1-2(3)4;2-1-6(3,4)5/h5-6H,3-4H2;1H3,(H,3,4);1H2,(H,3,4,5). The Hall–Kier alpha value is -1.21. The summed E-state index contributed by atoms with van der Waals surface area (Å²) in [5.74, 6) is 3.67. The maximum Gasteiger partial charge on any atom is 0.300 e. The molecule has 0 saturated heterocycles. The average Bonchev–Trinajstić information content (AvgIpc) is 2.14. The molecule has 0 aliphatic heterocycles. The fourth-order valence-electron chi connectivity index (χ4n) is 0.112. The van der Waals surface area contributed by atoms with Gasteiger partial charge in [-0.2, -0.15) is 8.42 Å². The minimum atomic E-state index is -4.33. The number of aliphatic hydroxyl groups is 2. The molecule has 0 aromatic heterocycles. The molecule has 4 N–H and O–H groups in total. The Morgan fingerprint density at radius 2 is 1.44 bits per heavy atom. The van der Waals surface area contributed by atoms with Crippen LogP contribution in [0.1, 0.15) is 6.92 Å². The van der Waals surface area contributed by atoms with E-state index in [-0.39, 0.29) is 13.2 Å². The number of halogens is 1. The van der Waals surface area contributed by atoms with Gasteiger partial charge in [0.1, 0.15) is 13.2 Å². The third-order valence-corrected chi connectivity index (χ3v) is 0.697. The Morgan fingerprint density at radius 1 is 1.25 bits per heavy atom. The van der Waals surface area contributed by atoms with Crippen LogP contribution in [-0.2, 0) is 14.9 Å². The predicted molar refractivity (Wildman–Crippen MR) is 52.8 cm³/mol. The number of aliphatic carboxylic acids is 1. The first kappa shape index (κ1) is 20.2. The lowest BCUT2D eigenvalue weighted by atomic mass is 10.6. The zero-order valence-corrected chi connectivity index (χ0v) is 9.24. The van der Waals surface area contributed by atoms with Crippen LogP contribution in [0.2, 0.25) is 0 Å². The number of carboxylic acid groups (broad SMARTS) is 1. The summed E-state index contributed by atoms with van der Waals surface area (Å²) in [7, 11) is -4.33. The molecule has 0 unspecified atom stereocenters. The zero-order valence-electron chi connectivity index (χ0n) is 8.42. The summed E-state index contributed by atoms with van der Waals surface area (Å²) in [5, 5.41) is 23.2. The quantitative estimate of drug-likeness (QED) is 0.346. The number of rotatable bonds is 1. The first-order valence-corrected chi connectivity index (χ1v) is 5.20. The van der Waals surface area contributed by atoms with Crippen LogP contribution in [0.4, 0.5) is 4.39 Å². The van der Waals surface area contributed by atoms with Crippen LogP contribution >= 0.6 is 0 Å². The van der Waals surface area contributed by atoms with Gasteiger partial charge in [0.2, 0.25) is 6.01 Å². The van der Waals surface area contributed by atoms with Crippen molar-refractivity contribution in [3.63, 3.8) is 0 Å². The second kappa shape index (κ2) is 13.8. The second-order valence-corrected chi connectivity index (χ2v) is 3.26. The summed E-state index contributed by atoms with van der Waals surface area (Å²) in [6.07, 6.45) is 0. The molecule has 0 amide bonds. The van der Waals surface area contributed by atoms with Crippen molar-refractivity contribution in [3.8, 4) is 11.8 Å². The molecule has 0 bridgehead atoms. The van der Waals surface area contributed by atoms with Gasteiger partial charge in [0.05, 0.1) is 0 Å². The molecular formula is C7H13FO7S. The van der Waals surface area contributed by atoms with Crippen molar-refractivity contribution in [1.82, 2.24) is 0 Å². The van der Waals surface area contributed by atoms with Gasteiger partial charge in [-0.1, -0.05) is 11.8 Å². The number of hydrogen-bond donors (Lipinski definition) is 4. The lowest BCUT2D eigenvalue weighted by Gasteiger charge is -1.77. The van der Waals surface area contributed by atoms with Crippen molar-refractivity contribution in [1.29, 1.82) is 0 Å². The molecular weight excluding hydrogens is 247 g/mol. The van der Waals surface area contributed by atoms with E-state index in [1.807, 2.05) is 0 Å². The molecule has 0 atom stereocenters. The minimum Gasteiger partial charge on any atom is -0.481 e. The van der Waals surface area contributed by atoms with Crippen molar-refractivity contribution in [2.45, 2.75) is 6.92 Å². The third-order valence-electron chi connectivity index (χ3n) is 0.421. The summed E-state index contributed by atoms with van der Waals surface area (Å²) in [4.78, 5) is 9.00. The zero-order chi connectivity index (χ0) is 13.6. The normalized spacial score (nSPS) is 8.31. The van der Waals surface area contributed by atoms with Gasteiger partial charge in [-0.25, -0.2) is 4.39 Å². The van der Waals surface area contributed by atoms with E-state index in [0.717, 1.165) is 6.92 Å². The minimum absolute atomic E-state index is 0.166. The van der Waals surface area contributed by atoms with E-state index in [9.17, 15) is 12.8 Å². The largest absolute Gasteiger partial charge is 0.481 e. The molecule has 9 heteroatoms.